The summed E-state index contributed by atoms with van der Waals surface area (Å²) in [5.74, 6) is 0.0806. The third-order valence-corrected chi connectivity index (χ3v) is 2.04. The van der Waals surface area contributed by atoms with Crippen molar-refractivity contribution >= 4 is 5.78 Å². The molecule has 0 aliphatic rings. The number of Topliss-reactive ketones (excluding diaryl/α,β-unsaturated/α-hetero) is 1. The molecule has 2 aromatic rings. The highest BCUT2D eigenvalue weighted by molar-refractivity contribution is 5.94. The van der Waals surface area contributed by atoms with Crippen molar-refractivity contribution in [2.45, 2.75) is 6.92 Å². The Kier molecular flexibility index (Phi) is 2.14. The van der Waals surface area contributed by atoms with Crippen LogP contribution in [0.25, 0.3) is 5.69 Å². The molecule has 1 aromatic heterocycles. The Morgan fingerprint density at radius 1 is 1.29 bits per heavy atom. The predicted octanol–water partition coefficient (Wildman–Crippen LogP) is 2.07. The quantitative estimate of drug-likeness (QED) is 0.673. The first-order valence-corrected chi connectivity index (χ1v) is 4.38. The van der Waals surface area contributed by atoms with Crippen molar-refractivity contribution in [1.82, 2.24) is 9.78 Å². The molecule has 2 rings (SSSR count). The summed E-state index contributed by atoms with van der Waals surface area (Å²) in [6, 6.07) is 9.23. The maximum Gasteiger partial charge on any atom is 0.159 e. The zero-order valence-corrected chi connectivity index (χ0v) is 7.84. The summed E-state index contributed by atoms with van der Waals surface area (Å²) in [6.45, 7) is 1.56. The Hall–Kier alpha value is -1.90. The molecule has 0 amide bonds. The fourth-order valence-electron chi connectivity index (χ4n) is 1.27. The van der Waals surface area contributed by atoms with Gasteiger partial charge in [0.2, 0.25) is 0 Å². The molecule has 0 fully saturated rings. The average molecular weight is 186 g/mol. The van der Waals surface area contributed by atoms with Crippen LogP contribution in [0.2, 0.25) is 0 Å². The lowest BCUT2D eigenvalue weighted by Gasteiger charge is -2.01. The third-order valence-electron chi connectivity index (χ3n) is 2.04. The van der Waals surface area contributed by atoms with Crippen LogP contribution in [-0.2, 0) is 0 Å². The first kappa shape index (κ1) is 8.69. The lowest BCUT2D eigenvalue weighted by atomic mass is 10.1. The Bertz CT molecular complexity index is 429. The Balaban J connectivity index is 2.36. The lowest BCUT2D eigenvalue weighted by Crippen LogP contribution is -1.96. The number of hydrogen-bond acceptors (Lipinski definition) is 2. The van der Waals surface area contributed by atoms with Gasteiger partial charge in [-0.1, -0.05) is 0 Å². The summed E-state index contributed by atoms with van der Waals surface area (Å²) < 4.78 is 1.75. The van der Waals surface area contributed by atoms with Gasteiger partial charge < -0.3 is 0 Å². The summed E-state index contributed by atoms with van der Waals surface area (Å²) in [7, 11) is 0. The van der Waals surface area contributed by atoms with Crippen molar-refractivity contribution in [3.8, 4) is 5.69 Å². The van der Waals surface area contributed by atoms with Crippen LogP contribution in [0.3, 0.4) is 0 Å². The fraction of sp³-hybridized carbons (Fsp3) is 0.0909. The Morgan fingerprint density at radius 3 is 2.50 bits per heavy atom. The van der Waals surface area contributed by atoms with E-state index >= 15 is 0 Å². The summed E-state index contributed by atoms with van der Waals surface area (Å²) >= 11 is 0. The van der Waals surface area contributed by atoms with E-state index in [-0.39, 0.29) is 5.78 Å². The largest absolute Gasteiger partial charge is 0.295 e. The highest BCUT2D eigenvalue weighted by atomic mass is 16.1. The predicted molar refractivity (Wildman–Crippen MR) is 53.6 cm³/mol. The first-order valence-electron chi connectivity index (χ1n) is 4.38. The molecule has 0 N–H and O–H groups in total. The third kappa shape index (κ3) is 1.57. The van der Waals surface area contributed by atoms with Crippen molar-refractivity contribution in [1.29, 1.82) is 0 Å². The van der Waals surface area contributed by atoms with Gasteiger partial charge in [0.1, 0.15) is 0 Å². The second kappa shape index (κ2) is 3.46. The van der Waals surface area contributed by atoms with Gasteiger partial charge in [-0.3, -0.25) is 4.79 Å². The molecule has 14 heavy (non-hydrogen) atoms. The van der Waals surface area contributed by atoms with E-state index < -0.39 is 0 Å². The van der Waals surface area contributed by atoms with Gasteiger partial charge in [0.15, 0.2) is 5.78 Å². The molecule has 0 bridgehead atoms. The van der Waals surface area contributed by atoms with Gasteiger partial charge in [0, 0.05) is 18.0 Å². The molecule has 0 unspecified atom stereocenters. The molecular formula is C11H10N2O. The number of nitrogens with zero attached hydrogens (tertiary/aromatic N) is 2. The van der Waals surface area contributed by atoms with Crippen LogP contribution in [0.5, 0.6) is 0 Å². The van der Waals surface area contributed by atoms with Gasteiger partial charge in [-0.15, -0.1) is 0 Å². The first-order chi connectivity index (χ1) is 6.77. The molecule has 3 nitrogen and oxygen atoms in total. The molecule has 70 valence electrons. The summed E-state index contributed by atoms with van der Waals surface area (Å²) in [4.78, 5) is 11.0. The van der Waals surface area contributed by atoms with Gasteiger partial charge in [-0.25, -0.2) is 4.68 Å². The molecule has 0 saturated heterocycles. The van der Waals surface area contributed by atoms with Crippen molar-refractivity contribution in [3.05, 3.63) is 48.3 Å². The zero-order valence-electron chi connectivity index (χ0n) is 7.84. The second-order valence-corrected chi connectivity index (χ2v) is 3.05. The molecule has 3 heteroatoms. The zero-order chi connectivity index (χ0) is 9.97. The van der Waals surface area contributed by atoms with E-state index in [4.69, 9.17) is 0 Å². The molecule has 0 radical (unpaired) electrons. The molecule has 0 aliphatic carbocycles. The Morgan fingerprint density at radius 2 is 2.00 bits per heavy atom. The van der Waals surface area contributed by atoms with Gasteiger partial charge >= 0.3 is 0 Å². The molecule has 0 spiro atoms. The Labute approximate surface area is 82.0 Å². The van der Waals surface area contributed by atoms with E-state index in [9.17, 15) is 4.79 Å². The van der Waals surface area contributed by atoms with Gasteiger partial charge in [0.05, 0.1) is 5.69 Å². The molecule has 1 aromatic carbocycles. The number of hydrogen-bond donors (Lipinski definition) is 0. The van der Waals surface area contributed by atoms with Crippen LogP contribution >= 0.6 is 0 Å². The number of ketones is 1. The van der Waals surface area contributed by atoms with Crippen LogP contribution in [0.1, 0.15) is 17.3 Å². The summed E-state index contributed by atoms with van der Waals surface area (Å²) in [6.07, 6.45) is 3.58. The van der Waals surface area contributed by atoms with Gasteiger partial charge in [0.25, 0.3) is 0 Å². The van der Waals surface area contributed by atoms with E-state index in [0.717, 1.165) is 11.3 Å². The maximum absolute atomic E-state index is 11.0. The van der Waals surface area contributed by atoms with Crippen LogP contribution in [-0.4, -0.2) is 15.6 Å². The minimum atomic E-state index is 0.0806. The second-order valence-electron chi connectivity index (χ2n) is 3.05. The smallest absolute Gasteiger partial charge is 0.159 e. The van der Waals surface area contributed by atoms with Crippen molar-refractivity contribution < 1.29 is 4.79 Å². The SMILES string of the molecule is CC(=O)c1ccc(-n2cccn2)cc1. The minimum absolute atomic E-state index is 0.0806. The fourth-order valence-corrected chi connectivity index (χ4v) is 1.27. The monoisotopic (exact) mass is 186 g/mol. The van der Waals surface area contributed by atoms with E-state index in [1.54, 1.807) is 29.9 Å². The summed E-state index contributed by atoms with van der Waals surface area (Å²) in [5.41, 5.74) is 1.68. The number of carbonyl (C=O) groups excluding carboxylic acids is 1. The van der Waals surface area contributed by atoms with Crippen LogP contribution in [0.15, 0.2) is 42.7 Å². The topological polar surface area (TPSA) is 34.9 Å². The number of rotatable bonds is 2. The number of benzene rings is 1. The highest BCUT2D eigenvalue weighted by Crippen LogP contribution is 2.08. The lowest BCUT2D eigenvalue weighted by molar-refractivity contribution is 0.101. The van der Waals surface area contributed by atoms with Crippen LogP contribution in [0, 0.1) is 0 Å². The molecular weight excluding hydrogens is 176 g/mol. The van der Waals surface area contributed by atoms with Crippen molar-refractivity contribution in [2.75, 3.05) is 0 Å². The van der Waals surface area contributed by atoms with E-state index in [1.165, 1.54) is 0 Å². The molecule has 0 saturated carbocycles. The van der Waals surface area contributed by atoms with E-state index in [2.05, 4.69) is 5.10 Å². The van der Waals surface area contributed by atoms with Crippen LogP contribution < -0.4 is 0 Å². The van der Waals surface area contributed by atoms with E-state index in [0.29, 0.717) is 0 Å². The normalized spacial score (nSPS) is 10.1. The van der Waals surface area contributed by atoms with Gasteiger partial charge in [-0.05, 0) is 37.3 Å². The van der Waals surface area contributed by atoms with Crippen LogP contribution in [0.4, 0.5) is 0 Å². The van der Waals surface area contributed by atoms with E-state index in [1.807, 2.05) is 24.4 Å². The number of aromatic nitrogens is 2. The minimum Gasteiger partial charge on any atom is -0.295 e. The maximum atomic E-state index is 11.0. The average Bonchev–Trinajstić information content (AvgIpc) is 2.71. The molecule has 0 atom stereocenters. The number of carbonyl (C=O) groups is 1. The highest BCUT2D eigenvalue weighted by Gasteiger charge is 1.99. The van der Waals surface area contributed by atoms with Gasteiger partial charge in [-0.2, -0.15) is 5.10 Å². The van der Waals surface area contributed by atoms with Crippen molar-refractivity contribution in [2.24, 2.45) is 0 Å². The molecule has 0 aliphatic heterocycles. The van der Waals surface area contributed by atoms with Crippen molar-refractivity contribution in [3.63, 3.8) is 0 Å². The standard InChI is InChI=1S/C11H10N2O/c1-9(14)10-3-5-11(6-4-10)13-8-2-7-12-13/h2-8H,1H3. The molecule has 1 heterocycles. The summed E-state index contributed by atoms with van der Waals surface area (Å²) in [5, 5.41) is 4.09.